The van der Waals surface area contributed by atoms with Gasteiger partial charge < -0.3 is 18.6 Å². The lowest BCUT2D eigenvalue weighted by Gasteiger charge is -2.16. The van der Waals surface area contributed by atoms with Gasteiger partial charge in [0.2, 0.25) is 17.1 Å². The maximum absolute atomic E-state index is 13.5. The highest BCUT2D eigenvalue weighted by molar-refractivity contribution is 6.06. The van der Waals surface area contributed by atoms with Crippen LogP contribution in [-0.2, 0) is 0 Å². The van der Waals surface area contributed by atoms with Crippen molar-refractivity contribution in [3.63, 3.8) is 0 Å². The smallest absolute Gasteiger partial charge is 0.257 e. The number of fused-ring (bicyclic) bond motifs is 1. The molecule has 0 aliphatic heterocycles. The van der Waals surface area contributed by atoms with E-state index in [1.54, 1.807) is 60.7 Å². The van der Waals surface area contributed by atoms with Crippen LogP contribution < -0.4 is 25.0 Å². The highest BCUT2D eigenvalue weighted by Crippen LogP contribution is 2.42. The minimum absolute atomic E-state index is 0.0248. The van der Waals surface area contributed by atoms with Gasteiger partial charge >= 0.3 is 0 Å². The summed E-state index contributed by atoms with van der Waals surface area (Å²) < 4.78 is 22.2. The highest BCUT2D eigenvalue weighted by atomic mass is 16.5. The summed E-state index contributed by atoms with van der Waals surface area (Å²) in [5.41, 5.74) is 1.11. The topological polar surface area (TPSA) is 87.0 Å². The first-order valence-corrected chi connectivity index (χ1v) is 9.80. The predicted octanol–water partition coefficient (Wildman–Crippen LogP) is 4.74. The summed E-state index contributed by atoms with van der Waals surface area (Å²) in [6.07, 6.45) is 0. The first kappa shape index (κ1) is 21.0. The second kappa shape index (κ2) is 8.85. The molecular formula is C25H21NO6. The number of hydrogen-bond donors (Lipinski definition) is 1. The van der Waals surface area contributed by atoms with E-state index in [0.717, 1.165) is 0 Å². The van der Waals surface area contributed by atoms with Crippen molar-refractivity contribution in [2.24, 2.45) is 0 Å². The van der Waals surface area contributed by atoms with Crippen LogP contribution >= 0.6 is 0 Å². The number of carbonyl (C=O) groups excluding carboxylic acids is 1. The van der Waals surface area contributed by atoms with Crippen molar-refractivity contribution in [2.45, 2.75) is 0 Å². The van der Waals surface area contributed by atoms with E-state index in [4.69, 9.17) is 18.6 Å². The Morgan fingerprint density at radius 2 is 1.47 bits per heavy atom. The molecule has 0 saturated heterocycles. The zero-order valence-electron chi connectivity index (χ0n) is 17.8. The molecule has 0 fully saturated rings. The fourth-order valence-corrected chi connectivity index (χ4v) is 3.48. The molecule has 7 heteroatoms. The minimum atomic E-state index is -0.405. The third-order valence-electron chi connectivity index (χ3n) is 5.01. The molecule has 0 radical (unpaired) electrons. The van der Waals surface area contributed by atoms with Gasteiger partial charge in [0.15, 0.2) is 11.5 Å². The minimum Gasteiger partial charge on any atom is -0.493 e. The largest absolute Gasteiger partial charge is 0.493 e. The molecular weight excluding hydrogens is 410 g/mol. The zero-order valence-corrected chi connectivity index (χ0v) is 17.8. The molecule has 3 aromatic carbocycles. The van der Waals surface area contributed by atoms with Crippen molar-refractivity contribution in [2.75, 3.05) is 26.6 Å². The summed E-state index contributed by atoms with van der Waals surface area (Å²) >= 11 is 0. The number of benzene rings is 3. The van der Waals surface area contributed by atoms with Gasteiger partial charge in [-0.3, -0.25) is 14.9 Å². The number of carbonyl (C=O) groups is 1. The number of amides is 1. The average Bonchev–Trinajstić information content (AvgIpc) is 2.83. The molecule has 0 aliphatic carbocycles. The van der Waals surface area contributed by atoms with E-state index in [-0.39, 0.29) is 16.9 Å². The lowest BCUT2D eigenvalue weighted by molar-refractivity contribution is 0.102. The maximum Gasteiger partial charge on any atom is 0.257 e. The fraction of sp³-hybridized carbons (Fsp3) is 0.120. The number of ether oxygens (including phenoxy) is 3. The molecule has 0 atom stereocenters. The summed E-state index contributed by atoms with van der Waals surface area (Å²) in [5, 5.41) is 3.13. The van der Waals surface area contributed by atoms with E-state index < -0.39 is 5.91 Å². The SMILES string of the molecule is COc1cc(-c2c(NC(=O)c3ccccc3)oc3ccccc3c2=O)cc(OC)c1OC. The van der Waals surface area contributed by atoms with Crippen LogP contribution in [0.25, 0.3) is 22.1 Å². The molecule has 0 aliphatic rings. The van der Waals surface area contributed by atoms with Gasteiger partial charge in [-0.15, -0.1) is 0 Å². The van der Waals surface area contributed by atoms with Gasteiger partial charge in [0.05, 0.1) is 32.3 Å². The first-order valence-electron chi connectivity index (χ1n) is 9.80. The summed E-state index contributed by atoms with van der Waals surface area (Å²) in [5.74, 6) is 0.748. The number of hydrogen-bond acceptors (Lipinski definition) is 6. The van der Waals surface area contributed by atoms with Gasteiger partial charge in [0, 0.05) is 5.56 Å². The monoisotopic (exact) mass is 431 g/mol. The van der Waals surface area contributed by atoms with E-state index in [2.05, 4.69) is 5.32 Å². The predicted molar refractivity (Wildman–Crippen MR) is 122 cm³/mol. The molecule has 1 heterocycles. The Labute approximate surface area is 184 Å². The van der Waals surface area contributed by atoms with Crippen LogP contribution in [0.2, 0.25) is 0 Å². The quantitative estimate of drug-likeness (QED) is 0.475. The average molecular weight is 431 g/mol. The molecule has 0 spiro atoms. The van der Waals surface area contributed by atoms with Crippen molar-refractivity contribution in [1.82, 2.24) is 0 Å². The molecule has 162 valence electrons. The van der Waals surface area contributed by atoms with E-state index in [9.17, 15) is 9.59 Å². The van der Waals surface area contributed by atoms with Crippen molar-refractivity contribution in [1.29, 1.82) is 0 Å². The normalized spacial score (nSPS) is 10.6. The molecule has 4 rings (SSSR count). The van der Waals surface area contributed by atoms with Gasteiger partial charge in [-0.2, -0.15) is 0 Å². The standard InChI is InChI=1S/C25H21NO6/c1-29-19-13-16(14-20(30-2)23(19)31-3)21-22(27)17-11-7-8-12-18(17)32-25(21)26-24(28)15-9-5-4-6-10-15/h4-14H,1-3H3,(H,26,28). The summed E-state index contributed by atoms with van der Waals surface area (Å²) in [6.45, 7) is 0. The molecule has 1 aromatic heterocycles. The number of rotatable bonds is 6. The Hall–Kier alpha value is -4.26. The van der Waals surface area contributed by atoms with Gasteiger partial charge in [0.1, 0.15) is 5.58 Å². The van der Waals surface area contributed by atoms with Crippen LogP contribution in [-0.4, -0.2) is 27.2 Å². The first-order chi connectivity index (χ1) is 15.6. The number of methoxy groups -OCH3 is 3. The van der Waals surface area contributed by atoms with E-state index in [1.807, 2.05) is 6.07 Å². The summed E-state index contributed by atoms with van der Waals surface area (Å²) in [7, 11) is 4.47. The van der Waals surface area contributed by atoms with Crippen molar-refractivity contribution in [3.05, 3.63) is 82.5 Å². The second-order valence-corrected chi connectivity index (χ2v) is 6.87. The zero-order chi connectivity index (χ0) is 22.7. The van der Waals surface area contributed by atoms with Gasteiger partial charge in [-0.1, -0.05) is 30.3 Å². The number of para-hydroxylation sites is 1. The van der Waals surface area contributed by atoms with Crippen LogP contribution in [0, 0.1) is 0 Å². The van der Waals surface area contributed by atoms with E-state index in [1.165, 1.54) is 21.3 Å². The fourth-order valence-electron chi connectivity index (χ4n) is 3.48. The molecule has 4 aromatic rings. The summed E-state index contributed by atoms with van der Waals surface area (Å²) in [4.78, 5) is 26.3. The van der Waals surface area contributed by atoms with Crippen molar-refractivity contribution >= 4 is 22.8 Å². The third kappa shape index (κ3) is 3.76. The Bertz CT molecular complexity index is 1320. The van der Waals surface area contributed by atoms with E-state index >= 15 is 0 Å². The lowest BCUT2D eigenvalue weighted by Crippen LogP contribution is -2.16. The molecule has 0 saturated carbocycles. The van der Waals surface area contributed by atoms with Crippen LogP contribution in [0.5, 0.6) is 17.2 Å². The molecule has 7 nitrogen and oxygen atoms in total. The highest BCUT2D eigenvalue weighted by Gasteiger charge is 2.22. The Morgan fingerprint density at radius 1 is 0.844 bits per heavy atom. The lowest BCUT2D eigenvalue weighted by atomic mass is 10.0. The van der Waals surface area contributed by atoms with E-state index in [0.29, 0.717) is 39.3 Å². The second-order valence-electron chi connectivity index (χ2n) is 6.87. The number of nitrogens with one attached hydrogen (secondary N) is 1. The molecule has 32 heavy (non-hydrogen) atoms. The van der Waals surface area contributed by atoms with Gasteiger partial charge in [0.25, 0.3) is 5.91 Å². The third-order valence-corrected chi connectivity index (χ3v) is 5.01. The molecule has 0 unspecified atom stereocenters. The Balaban J connectivity index is 1.96. The molecule has 0 bridgehead atoms. The molecule has 1 N–H and O–H groups in total. The Morgan fingerprint density at radius 3 is 2.09 bits per heavy atom. The van der Waals surface area contributed by atoms with Gasteiger partial charge in [-0.25, -0.2) is 0 Å². The van der Waals surface area contributed by atoms with Crippen LogP contribution in [0.3, 0.4) is 0 Å². The van der Waals surface area contributed by atoms with Crippen molar-refractivity contribution in [3.8, 4) is 28.4 Å². The molecule has 1 amide bonds. The van der Waals surface area contributed by atoms with Crippen LogP contribution in [0.1, 0.15) is 10.4 Å². The summed E-state index contributed by atoms with van der Waals surface area (Å²) in [6, 6.07) is 18.8. The van der Waals surface area contributed by atoms with Crippen molar-refractivity contribution < 1.29 is 23.4 Å². The number of anilines is 1. The maximum atomic E-state index is 13.5. The van der Waals surface area contributed by atoms with Crippen LogP contribution in [0.15, 0.2) is 75.9 Å². The Kier molecular flexibility index (Phi) is 5.81. The van der Waals surface area contributed by atoms with Gasteiger partial charge in [-0.05, 0) is 42.0 Å². The van der Waals surface area contributed by atoms with Crippen LogP contribution in [0.4, 0.5) is 5.88 Å².